The van der Waals surface area contributed by atoms with Crippen molar-refractivity contribution in [3.63, 3.8) is 0 Å². The van der Waals surface area contributed by atoms with Crippen LogP contribution in [0.4, 0.5) is 0 Å². The molecule has 2 N–H and O–H groups in total. The summed E-state index contributed by atoms with van der Waals surface area (Å²) < 4.78 is 5.60. The van der Waals surface area contributed by atoms with Crippen molar-refractivity contribution in [2.45, 2.75) is 45.7 Å². The van der Waals surface area contributed by atoms with Crippen molar-refractivity contribution < 1.29 is 4.42 Å². The Hall–Kier alpha value is -1.61. The number of aliphatic imine (C=N–C) groups is 1. The van der Waals surface area contributed by atoms with Gasteiger partial charge in [-0.25, -0.2) is 4.98 Å². The molecular formula is C22H34IN5O. The van der Waals surface area contributed by atoms with E-state index in [4.69, 9.17) is 4.42 Å². The SMILES string of the molecule is CN=C(NCc1coc(-c2ccccc2)n1)NCC(C)(C)N1CCCC(C)C1.I. The van der Waals surface area contributed by atoms with E-state index in [-0.39, 0.29) is 29.5 Å². The maximum absolute atomic E-state index is 5.60. The summed E-state index contributed by atoms with van der Waals surface area (Å²) in [6, 6.07) is 9.93. The predicted molar refractivity (Wildman–Crippen MR) is 130 cm³/mol. The smallest absolute Gasteiger partial charge is 0.226 e. The molecule has 1 saturated heterocycles. The van der Waals surface area contributed by atoms with E-state index in [1.54, 1.807) is 13.3 Å². The van der Waals surface area contributed by atoms with Gasteiger partial charge in [-0.3, -0.25) is 9.89 Å². The number of oxazole rings is 1. The minimum absolute atomic E-state index is 0. The molecular weight excluding hydrogens is 477 g/mol. The van der Waals surface area contributed by atoms with E-state index < -0.39 is 0 Å². The van der Waals surface area contributed by atoms with E-state index in [9.17, 15) is 0 Å². The Bertz CT molecular complexity index is 775. The molecule has 1 aliphatic rings. The summed E-state index contributed by atoms with van der Waals surface area (Å²) in [5, 5.41) is 6.80. The number of hydrogen-bond donors (Lipinski definition) is 2. The maximum Gasteiger partial charge on any atom is 0.226 e. The van der Waals surface area contributed by atoms with Gasteiger partial charge in [-0.2, -0.15) is 0 Å². The van der Waals surface area contributed by atoms with Gasteiger partial charge in [0.15, 0.2) is 5.96 Å². The average molecular weight is 511 g/mol. The van der Waals surface area contributed by atoms with Crippen molar-refractivity contribution in [2.24, 2.45) is 10.9 Å². The van der Waals surface area contributed by atoms with E-state index >= 15 is 0 Å². The van der Waals surface area contributed by atoms with Gasteiger partial charge in [0.2, 0.25) is 5.89 Å². The second-order valence-electron chi connectivity index (χ2n) is 8.30. The summed E-state index contributed by atoms with van der Waals surface area (Å²) >= 11 is 0. The Labute approximate surface area is 191 Å². The molecule has 1 fully saturated rings. The number of piperidine rings is 1. The standard InChI is InChI=1S/C22H33N5O.HI/c1-17-9-8-12-27(14-17)22(2,3)16-25-21(23-4)24-13-19-15-28-20(26-19)18-10-6-5-7-11-18;/h5-7,10-11,15,17H,8-9,12-14,16H2,1-4H3,(H2,23,24,25);1H. The van der Waals surface area contributed by atoms with Gasteiger partial charge in [-0.15, -0.1) is 24.0 Å². The van der Waals surface area contributed by atoms with Crippen molar-refractivity contribution in [2.75, 3.05) is 26.7 Å². The lowest BCUT2D eigenvalue weighted by Gasteiger charge is -2.43. The largest absolute Gasteiger partial charge is 0.444 e. The van der Waals surface area contributed by atoms with Crippen LogP contribution in [0.5, 0.6) is 0 Å². The maximum atomic E-state index is 5.60. The number of nitrogens with zero attached hydrogens (tertiary/aromatic N) is 3. The quantitative estimate of drug-likeness (QED) is 0.347. The van der Waals surface area contributed by atoms with Crippen LogP contribution in [0.3, 0.4) is 0 Å². The van der Waals surface area contributed by atoms with Crippen molar-refractivity contribution in [1.29, 1.82) is 0 Å². The summed E-state index contributed by atoms with van der Waals surface area (Å²) in [6.07, 6.45) is 4.32. The summed E-state index contributed by atoms with van der Waals surface area (Å²) in [6.45, 7) is 10.7. The number of guanidine groups is 1. The van der Waals surface area contributed by atoms with Gasteiger partial charge in [-0.1, -0.05) is 25.1 Å². The highest BCUT2D eigenvalue weighted by Crippen LogP contribution is 2.23. The third-order valence-electron chi connectivity index (χ3n) is 5.43. The third-order valence-corrected chi connectivity index (χ3v) is 5.43. The van der Waals surface area contributed by atoms with E-state index in [1.807, 2.05) is 30.3 Å². The van der Waals surface area contributed by atoms with Crippen LogP contribution in [0, 0.1) is 5.92 Å². The van der Waals surface area contributed by atoms with Crippen LogP contribution >= 0.6 is 24.0 Å². The molecule has 0 aliphatic carbocycles. The highest BCUT2D eigenvalue weighted by atomic mass is 127. The first-order valence-corrected chi connectivity index (χ1v) is 10.2. The van der Waals surface area contributed by atoms with Crippen LogP contribution in [0.25, 0.3) is 11.5 Å². The van der Waals surface area contributed by atoms with Crippen LogP contribution < -0.4 is 10.6 Å². The zero-order chi connectivity index (χ0) is 20.0. The number of rotatable bonds is 6. The van der Waals surface area contributed by atoms with Crippen LogP contribution in [-0.4, -0.2) is 48.1 Å². The molecule has 0 amide bonds. The normalized spacial score (nSPS) is 18.2. The average Bonchev–Trinajstić information content (AvgIpc) is 3.18. The highest BCUT2D eigenvalue weighted by molar-refractivity contribution is 14.0. The molecule has 6 nitrogen and oxygen atoms in total. The Morgan fingerprint density at radius 3 is 2.72 bits per heavy atom. The number of likely N-dealkylation sites (tertiary alicyclic amines) is 1. The first-order chi connectivity index (χ1) is 13.5. The van der Waals surface area contributed by atoms with Crippen molar-refractivity contribution in [3.05, 3.63) is 42.3 Å². The van der Waals surface area contributed by atoms with Gasteiger partial charge in [0.05, 0.1) is 12.2 Å². The van der Waals surface area contributed by atoms with Gasteiger partial charge in [0.1, 0.15) is 6.26 Å². The minimum atomic E-state index is 0. The molecule has 29 heavy (non-hydrogen) atoms. The molecule has 0 saturated carbocycles. The molecule has 7 heteroatoms. The van der Waals surface area contributed by atoms with Crippen LogP contribution in [-0.2, 0) is 6.54 Å². The molecule has 2 heterocycles. The lowest BCUT2D eigenvalue weighted by Crippen LogP contribution is -2.55. The molecule has 1 aromatic heterocycles. The molecule has 160 valence electrons. The Kier molecular flexibility index (Phi) is 8.95. The topological polar surface area (TPSA) is 65.7 Å². The molecule has 2 aromatic rings. The molecule has 1 atom stereocenters. The fourth-order valence-electron chi connectivity index (χ4n) is 3.65. The Morgan fingerprint density at radius 1 is 1.28 bits per heavy atom. The molecule has 0 spiro atoms. The van der Waals surface area contributed by atoms with Gasteiger partial charge < -0.3 is 15.1 Å². The zero-order valence-electron chi connectivity index (χ0n) is 17.9. The summed E-state index contributed by atoms with van der Waals surface area (Å²) in [5.74, 6) is 2.19. The van der Waals surface area contributed by atoms with Crippen LogP contribution in [0.2, 0.25) is 0 Å². The van der Waals surface area contributed by atoms with Crippen LogP contribution in [0.1, 0.15) is 39.3 Å². The Balaban J connectivity index is 0.00000300. The second-order valence-corrected chi connectivity index (χ2v) is 8.30. The summed E-state index contributed by atoms with van der Waals surface area (Å²) in [4.78, 5) is 11.5. The van der Waals surface area contributed by atoms with E-state index in [0.29, 0.717) is 12.4 Å². The Morgan fingerprint density at radius 2 is 2.03 bits per heavy atom. The molecule has 1 unspecified atom stereocenters. The van der Waals surface area contributed by atoms with Crippen molar-refractivity contribution >= 4 is 29.9 Å². The number of hydrogen-bond acceptors (Lipinski definition) is 4. The van der Waals surface area contributed by atoms with Crippen molar-refractivity contribution in [1.82, 2.24) is 20.5 Å². The molecule has 0 bridgehead atoms. The first-order valence-electron chi connectivity index (χ1n) is 10.2. The second kappa shape index (κ2) is 11.0. The molecule has 0 radical (unpaired) electrons. The van der Waals surface area contributed by atoms with E-state index in [2.05, 4.69) is 46.3 Å². The minimum Gasteiger partial charge on any atom is -0.444 e. The van der Waals surface area contributed by atoms with Crippen LogP contribution in [0.15, 0.2) is 46.0 Å². The van der Waals surface area contributed by atoms with Gasteiger partial charge >= 0.3 is 0 Å². The lowest BCUT2D eigenvalue weighted by atomic mass is 9.93. The van der Waals surface area contributed by atoms with Gasteiger partial charge in [0.25, 0.3) is 0 Å². The van der Waals surface area contributed by atoms with Gasteiger partial charge in [-0.05, 0) is 51.3 Å². The molecule has 1 aromatic carbocycles. The highest BCUT2D eigenvalue weighted by Gasteiger charge is 2.30. The number of halogens is 1. The molecule has 1 aliphatic heterocycles. The zero-order valence-corrected chi connectivity index (χ0v) is 20.3. The predicted octanol–water partition coefficient (Wildman–Crippen LogP) is 4.14. The fraction of sp³-hybridized carbons (Fsp3) is 0.545. The summed E-state index contributed by atoms with van der Waals surface area (Å²) in [5.41, 5.74) is 1.92. The van der Waals surface area contributed by atoms with Crippen molar-refractivity contribution in [3.8, 4) is 11.5 Å². The molecule has 3 rings (SSSR count). The number of aromatic nitrogens is 1. The van der Waals surface area contributed by atoms with E-state index in [0.717, 1.165) is 29.7 Å². The summed E-state index contributed by atoms with van der Waals surface area (Å²) in [7, 11) is 1.80. The number of benzene rings is 1. The monoisotopic (exact) mass is 511 g/mol. The lowest BCUT2D eigenvalue weighted by molar-refractivity contribution is 0.0739. The number of nitrogens with one attached hydrogen (secondary N) is 2. The first kappa shape index (κ1) is 23.7. The third kappa shape index (κ3) is 6.70. The van der Waals surface area contributed by atoms with Gasteiger partial charge in [0, 0.05) is 31.2 Å². The van der Waals surface area contributed by atoms with E-state index in [1.165, 1.54) is 25.9 Å². The fourth-order valence-corrected chi connectivity index (χ4v) is 3.65.